The molecule has 3 saturated carbocycles. The van der Waals surface area contributed by atoms with Crippen LogP contribution in [0.1, 0.15) is 44.9 Å². The first-order valence-electron chi connectivity index (χ1n) is 6.03. The van der Waals surface area contributed by atoms with Crippen LogP contribution in [0, 0.1) is 17.8 Å². The second kappa shape index (κ2) is 2.73. The summed E-state index contributed by atoms with van der Waals surface area (Å²) >= 11 is 0. The lowest BCUT2D eigenvalue weighted by molar-refractivity contribution is 0.0594. The molecule has 3 fully saturated rings. The summed E-state index contributed by atoms with van der Waals surface area (Å²) in [6.45, 7) is 0. The molecule has 0 heterocycles. The van der Waals surface area contributed by atoms with E-state index in [4.69, 9.17) is 0 Å². The van der Waals surface area contributed by atoms with E-state index in [0.717, 1.165) is 17.8 Å². The predicted octanol–water partition coefficient (Wildman–Crippen LogP) is 2.56. The Balaban J connectivity index is 1.93. The molecule has 1 nitrogen and oxygen atoms in total. The van der Waals surface area contributed by atoms with Crippen LogP contribution in [0.3, 0.4) is 0 Å². The molecule has 1 heteroatoms. The summed E-state index contributed by atoms with van der Waals surface area (Å²) in [7, 11) is 2.20. The summed E-state index contributed by atoms with van der Waals surface area (Å²) in [5.41, 5.74) is 0.579. The zero-order valence-electron chi connectivity index (χ0n) is 8.68. The van der Waals surface area contributed by atoms with Gasteiger partial charge in [-0.2, -0.15) is 0 Å². The molecule has 4 atom stereocenters. The fourth-order valence-electron chi connectivity index (χ4n) is 4.50. The molecular weight excluding hydrogens is 158 g/mol. The average Bonchev–Trinajstić information content (AvgIpc) is 2.63. The van der Waals surface area contributed by atoms with E-state index in [-0.39, 0.29) is 0 Å². The van der Waals surface area contributed by atoms with Gasteiger partial charge in [0.15, 0.2) is 0 Å². The highest BCUT2D eigenvalue weighted by atomic mass is 15.0. The van der Waals surface area contributed by atoms with E-state index >= 15 is 0 Å². The van der Waals surface area contributed by atoms with Crippen molar-refractivity contribution in [2.24, 2.45) is 17.8 Å². The molecule has 3 aliphatic carbocycles. The smallest absolute Gasteiger partial charge is 0.0209 e. The molecule has 13 heavy (non-hydrogen) atoms. The van der Waals surface area contributed by atoms with Crippen molar-refractivity contribution < 1.29 is 0 Å². The summed E-state index contributed by atoms with van der Waals surface area (Å²) in [6, 6.07) is 0. The zero-order chi connectivity index (χ0) is 8.89. The van der Waals surface area contributed by atoms with Gasteiger partial charge < -0.3 is 5.32 Å². The van der Waals surface area contributed by atoms with Gasteiger partial charge in [0.1, 0.15) is 0 Å². The fraction of sp³-hybridized carbons (Fsp3) is 1.00. The average molecular weight is 179 g/mol. The molecule has 3 aliphatic rings. The van der Waals surface area contributed by atoms with Crippen LogP contribution in [0.2, 0.25) is 0 Å². The first-order chi connectivity index (χ1) is 6.34. The van der Waals surface area contributed by atoms with Crippen LogP contribution in [-0.2, 0) is 0 Å². The van der Waals surface area contributed by atoms with Gasteiger partial charge in [0.25, 0.3) is 0 Å². The van der Waals surface area contributed by atoms with Gasteiger partial charge in [-0.25, -0.2) is 0 Å². The molecule has 0 amide bonds. The summed E-state index contributed by atoms with van der Waals surface area (Å²) in [5.74, 6) is 3.23. The van der Waals surface area contributed by atoms with E-state index in [1.807, 2.05) is 0 Å². The molecule has 4 unspecified atom stereocenters. The normalized spacial score (nSPS) is 53.8. The highest BCUT2D eigenvalue weighted by molar-refractivity contribution is 5.06. The van der Waals surface area contributed by atoms with Gasteiger partial charge in [-0.3, -0.25) is 0 Å². The van der Waals surface area contributed by atoms with Crippen LogP contribution in [0.15, 0.2) is 0 Å². The first kappa shape index (κ1) is 8.28. The van der Waals surface area contributed by atoms with Crippen LogP contribution in [-0.4, -0.2) is 12.6 Å². The van der Waals surface area contributed by atoms with Crippen molar-refractivity contribution in [3.05, 3.63) is 0 Å². The lowest BCUT2D eigenvalue weighted by Crippen LogP contribution is -2.54. The van der Waals surface area contributed by atoms with Gasteiger partial charge in [-0.05, 0) is 56.9 Å². The van der Waals surface area contributed by atoms with Crippen LogP contribution in [0.4, 0.5) is 0 Å². The third kappa shape index (κ3) is 1.03. The molecule has 0 aromatic carbocycles. The lowest BCUT2D eigenvalue weighted by Gasteiger charge is -2.49. The Hall–Kier alpha value is -0.0400. The molecule has 74 valence electrons. The maximum atomic E-state index is 3.68. The van der Waals surface area contributed by atoms with E-state index in [2.05, 4.69) is 12.4 Å². The number of rotatable bonds is 1. The molecule has 0 saturated heterocycles. The van der Waals surface area contributed by atoms with Crippen LogP contribution < -0.4 is 5.32 Å². The highest BCUT2D eigenvalue weighted by Crippen LogP contribution is 2.55. The number of nitrogens with one attached hydrogen (secondary N) is 1. The van der Waals surface area contributed by atoms with Crippen molar-refractivity contribution in [3.8, 4) is 0 Å². The van der Waals surface area contributed by atoms with E-state index in [0.29, 0.717) is 5.54 Å². The third-order valence-corrected chi connectivity index (χ3v) is 5.24. The van der Waals surface area contributed by atoms with E-state index in [1.54, 1.807) is 12.8 Å². The Morgan fingerprint density at radius 2 is 2.08 bits per heavy atom. The summed E-state index contributed by atoms with van der Waals surface area (Å²) in [5, 5.41) is 3.68. The second-order valence-corrected chi connectivity index (χ2v) is 5.53. The Bertz CT molecular complexity index is 213. The number of hydrogen-bond donors (Lipinski definition) is 1. The molecule has 0 spiro atoms. The molecule has 4 bridgehead atoms. The topological polar surface area (TPSA) is 12.0 Å². The summed E-state index contributed by atoms with van der Waals surface area (Å²) in [6.07, 6.45) is 10.6. The minimum absolute atomic E-state index is 0.579. The van der Waals surface area contributed by atoms with Gasteiger partial charge >= 0.3 is 0 Å². The van der Waals surface area contributed by atoms with E-state index in [9.17, 15) is 0 Å². The largest absolute Gasteiger partial charge is 0.314 e. The van der Waals surface area contributed by atoms with Gasteiger partial charge in [-0.15, -0.1) is 0 Å². The number of fused-ring (bicyclic) bond motifs is 6. The molecule has 3 rings (SSSR count). The second-order valence-electron chi connectivity index (χ2n) is 5.53. The standard InChI is InChI=1S/C12H21N/c1-13-12-6-2-3-10(8-12)9-4-5-11(12)7-9/h9-11,13H,2-8H2,1H3. The molecule has 1 N–H and O–H groups in total. The van der Waals surface area contributed by atoms with Gasteiger partial charge in [0, 0.05) is 5.54 Å². The number of hydrogen-bond acceptors (Lipinski definition) is 1. The van der Waals surface area contributed by atoms with Crippen molar-refractivity contribution in [1.82, 2.24) is 5.32 Å². The summed E-state index contributed by atoms with van der Waals surface area (Å²) in [4.78, 5) is 0. The van der Waals surface area contributed by atoms with Gasteiger partial charge in [0.2, 0.25) is 0 Å². The van der Waals surface area contributed by atoms with E-state index < -0.39 is 0 Å². The molecular formula is C12H21N. The Kier molecular flexibility index (Phi) is 1.74. The molecule has 0 aliphatic heterocycles. The Labute approximate surface area is 81.3 Å². The van der Waals surface area contributed by atoms with Crippen molar-refractivity contribution in [3.63, 3.8) is 0 Å². The van der Waals surface area contributed by atoms with Crippen LogP contribution in [0.25, 0.3) is 0 Å². The van der Waals surface area contributed by atoms with Gasteiger partial charge in [0.05, 0.1) is 0 Å². The van der Waals surface area contributed by atoms with Crippen molar-refractivity contribution in [1.29, 1.82) is 0 Å². The molecule has 0 radical (unpaired) electrons. The van der Waals surface area contributed by atoms with Crippen molar-refractivity contribution in [2.45, 2.75) is 50.5 Å². The monoisotopic (exact) mass is 179 g/mol. The van der Waals surface area contributed by atoms with Crippen molar-refractivity contribution in [2.75, 3.05) is 7.05 Å². The Morgan fingerprint density at radius 3 is 2.92 bits per heavy atom. The van der Waals surface area contributed by atoms with E-state index in [1.165, 1.54) is 32.1 Å². The first-order valence-corrected chi connectivity index (χ1v) is 6.03. The maximum Gasteiger partial charge on any atom is 0.0209 e. The minimum atomic E-state index is 0.579. The third-order valence-electron chi connectivity index (χ3n) is 5.24. The van der Waals surface area contributed by atoms with Gasteiger partial charge in [-0.1, -0.05) is 12.8 Å². The van der Waals surface area contributed by atoms with Crippen molar-refractivity contribution >= 4 is 0 Å². The van der Waals surface area contributed by atoms with Crippen LogP contribution in [0.5, 0.6) is 0 Å². The molecule has 0 aromatic rings. The highest BCUT2D eigenvalue weighted by Gasteiger charge is 2.51. The lowest BCUT2D eigenvalue weighted by atomic mass is 9.61. The SMILES string of the molecule is CNC12CCCC(C1)C1CCC2C1. The zero-order valence-corrected chi connectivity index (χ0v) is 8.68. The van der Waals surface area contributed by atoms with Crippen LogP contribution >= 0.6 is 0 Å². The Morgan fingerprint density at radius 1 is 1.15 bits per heavy atom. The minimum Gasteiger partial charge on any atom is -0.314 e. The molecule has 0 aromatic heterocycles. The predicted molar refractivity (Wildman–Crippen MR) is 54.6 cm³/mol. The summed E-state index contributed by atoms with van der Waals surface area (Å²) < 4.78 is 0. The fourth-order valence-corrected chi connectivity index (χ4v) is 4.50. The maximum absolute atomic E-state index is 3.68. The quantitative estimate of drug-likeness (QED) is 0.652.